The van der Waals surface area contributed by atoms with Crippen LogP contribution in [0.25, 0.3) is 0 Å². The first kappa shape index (κ1) is 14.4. The van der Waals surface area contributed by atoms with E-state index >= 15 is 0 Å². The predicted octanol–water partition coefficient (Wildman–Crippen LogP) is -0.864. The molecule has 6 nitrogen and oxygen atoms in total. The van der Waals surface area contributed by atoms with E-state index < -0.39 is 10.0 Å². The van der Waals surface area contributed by atoms with Gasteiger partial charge in [0.05, 0.1) is 12.8 Å². The maximum Gasteiger partial charge on any atom is 0.236 e. The van der Waals surface area contributed by atoms with Crippen LogP contribution in [0.1, 0.15) is 19.8 Å². The van der Waals surface area contributed by atoms with E-state index in [9.17, 15) is 13.2 Å². The number of hydrogen-bond acceptors (Lipinski definition) is 4. The van der Waals surface area contributed by atoms with Gasteiger partial charge in [0.1, 0.15) is 0 Å². The first-order valence-corrected chi connectivity index (χ1v) is 7.78. The van der Waals surface area contributed by atoms with Gasteiger partial charge in [-0.05, 0) is 19.8 Å². The lowest BCUT2D eigenvalue weighted by Gasteiger charge is -2.20. The lowest BCUT2D eigenvalue weighted by Crippen LogP contribution is -2.41. The first-order chi connectivity index (χ1) is 7.94. The monoisotopic (exact) mass is 263 g/mol. The van der Waals surface area contributed by atoms with Crippen molar-refractivity contribution in [2.75, 3.05) is 32.4 Å². The average molecular weight is 263 g/mol. The molecule has 1 amide bonds. The number of rotatable bonds is 8. The SMILES string of the molecule is CCN(C(=O)CNCCNS(C)(=O)=O)C1CC1. The van der Waals surface area contributed by atoms with Crippen LogP contribution < -0.4 is 10.0 Å². The summed E-state index contributed by atoms with van der Waals surface area (Å²) < 4.78 is 23.9. The normalized spacial score (nSPS) is 15.9. The Kier molecular flexibility index (Phi) is 5.35. The number of nitrogens with one attached hydrogen (secondary N) is 2. The third-order valence-corrected chi connectivity index (χ3v) is 3.32. The molecule has 0 heterocycles. The molecule has 1 aliphatic carbocycles. The molecular weight excluding hydrogens is 242 g/mol. The smallest absolute Gasteiger partial charge is 0.236 e. The van der Waals surface area contributed by atoms with Crippen LogP contribution >= 0.6 is 0 Å². The topological polar surface area (TPSA) is 78.5 Å². The summed E-state index contributed by atoms with van der Waals surface area (Å²) in [5, 5.41) is 2.94. The molecule has 1 rings (SSSR count). The summed E-state index contributed by atoms with van der Waals surface area (Å²) in [5.41, 5.74) is 0. The Morgan fingerprint density at radius 1 is 1.35 bits per heavy atom. The molecule has 1 saturated carbocycles. The lowest BCUT2D eigenvalue weighted by atomic mass is 10.4. The fourth-order valence-electron chi connectivity index (χ4n) is 1.65. The minimum atomic E-state index is -3.13. The molecule has 2 N–H and O–H groups in total. The van der Waals surface area contributed by atoms with Crippen molar-refractivity contribution in [3.63, 3.8) is 0 Å². The number of nitrogens with zero attached hydrogens (tertiary/aromatic N) is 1. The van der Waals surface area contributed by atoms with E-state index in [1.807, 2.05) is 11.8 Å². The van der Waals surface area contributed by atoms with E-state index in [4.69, 9.17) is 0 Å². The number of likely N-dealkylation sites (N-methyl/N-ethyl adjacent to an activating group) is 1. The van der Waals surface area contributed by atoms with Crippen molar-refractivity contribution >= 4 is 15.9 Å². The van der Waals surface area contributed by atoms with Gasteiger partial charge in [-0.3, -0.25) is 4.79 Å². The molecule has 0 aromatic carbocycles. The van der Waals surface area contributed by atoms with Gasteiger partial charge in [-0.2, -0.15) is 0 Å². The van der Waals surface area contributed by atoms with Crippen LogP contribution in [0.3, 0.4) is 0 Å². The molecule has 0 aromatic heterocycles. The van der Waals surface area contributed by atoms with Crippen LogP contribution in [0.4, 0.5) is 0 Å². The van der Waals surface area contributed by atoms with Crippen molar-refractivity contribution in [3.05, 3.63) is 0 Å². The third-order valence-electron chi connectivity index (χ3n) is 2.59. The molecule has 0 bridgehead atoms. The van der Waals surface area contributed by atoms with Gasteiger partial charge in [-0.1, -0.05) is 0 Å². The molecule has 0 aliphatic heterocycles. The lowest BCUT2D eigenvalue weighted by molar-refractivity contribution is -0.130. The highest BCUT2D eigenvalue weighted by atomic mass is 32.2. The van der Waals surface area contributed by atoms with Crippen LogP contribution in [-0.2, 0) is 14.8 Å². The Labute approximate surface area is 103 Å². The molecule has 1 aliphatic rings. The van der Waals surface area contributed by atoms with Crippen LogP contribution in [0.15, 0.2) is 0 Å². The zero-order chi connectivity index (χ0) is 12.9. The van der Waals surface area contributed by atoms with Gasteiger partial charge in [-0.15, -0.1) is 0 Å². The number of sulfonamides is 1. The first-order valence-electron chi connectivity index (χ1n) is 5.89. The number of carbonyl (C=O) groups excluding carboxylic acids is 1. The number of hydrogen-bond donors (Lipinski definition) is 2. The zero-order valence-electron chi connectivity index (χ0n) is 10.4. The second kappa shape index (κ2) is 6.32. The van der Waals surface area contributed by atoms with Crippen molar-refractivity contribution in [2.24, 2.45) is 0 Å². The molecule has 0 unspecified atom stereocenters. The predicted molar refractivity (Wildman–Crippen MR) is 66.1 cm³/mol. The minimum absolute atomic E-state index is 0.0920. The third kappa shape index (κ3) is 5.99. The summed E-state index contributed by atoms with van der Waals surface area (Å²) in [6, 6.07) is 0.434. The van der Waals surface area contributed by atoms with Gasteiger partial charge in [0.15, 0.2) is 0 Å². The number of carbonyl (C=O) groups is 1. The summed E-state index contributed by atoms with van der Waals surface area (Å²) in [5.74, 6) is 0.0920. The Hall–Kier alpha value is -0.660. The molecule has 0 atom stereocenters. The van der Waals surface area contributed by atoms with Crippen molar-refractivity contribution in [1.82, 2.24) is 14.9 Å². The molecule has 100 valence electrons. The van der Waals surface area contributed by atoms with E-state index in [0.29, 0.717) is 19.1 Å². The highest BCUT2D eigenvalue weighted by molar-refractivity contribution is 7.88. The van der Waals surface area contributed by atoms with Gasteiger partial charge in [0, 0.05) is 25.7 Å². The van der Waals surface area contributed by atoms with E-state index in [1.54, 1.807) is 0 Å². The van der Waals surface area contributed by atoms with Crippen LogP contribution in [0.2, 0.25) is 0 Å². The highest BCUT2D eigenvalue weighted by Crippen LogP contribution is 2.26. The minimum Gasteiger partial charge on any atom is -0.339 e. The van der Waals surface area contributed by atoms with Gasteiger partial charge >= 0.3 is 0 Å². The second-order valence-electron chi connectivity index (χ2n) is 4.25. The summed E-state index contributed by atoms with van der Waals surface area (Å²) in [6.07, 6.45) is 3.33. The highest BCUT2D eigenvalue weighted by Gasteiger charge is 2.30. The summed E-state index contributed by atoms with van der Waals surface area (Å²) in [4.78, 5) is 13.6. The van der Waals surface area contributed by atoms with E-state index in [2.05, 4.69) is 10.0 Å². The van der Waals surface area contributed by atoms with E-state index in [0.717, 1.165) is 25.6 Å². The van der Waals surface area contributed by atoms with Crippen LogP contribution in [0.5, 0.6) is 0 Å². The van der Waals surface area contributed by atoms with Crippen LogP contribution in [-0.4, -0.2) is 57.7 Å². The largest absolute Gasteiger partial charge is 0.339 e. The summed E-state index contributed by atoms with van der Waals surface area (Å²) in [6.45, 7) is 3.76. The van der Waals surface area contributed by atoms with Gasteiger partial charge in [0.25, 0.3) is 0 Å². The second-order valence-corrected chi connectivity index (χ2v) is 6.09. The Morgan fingerprint density at radius 2 is 2.00 bits per heavy atom. The quantitative estimate of drug-likeness (QED) is 0.558. The van der Waals surface area contributed by atoms with E-state index in [1.165, 1.54) is 0 Å². The zero-order valence-corrected chi connectivity index (χ0v) is 11.2. The molecule has 0 aromatic rings. The van der Waals surface area contributed by atoms with Gasteiger partial charge in [0.2, 0.25) is 15.9 Å². The Balaban J connectivity index is 2.11. The fraction of sp³-hybridized carbons (Fsp3) is 0.900. The fourth-order valence-corrected chi connectivity index (χ4v) is 2.12. The van der Waals surface area contributed by atoms with E-state index in [-0.39, 0.29) is 12.5 Å². The molecule has 1 fully saturated rings. The summed E-state index contributed by atoms with van der Waals surface area (Å²) in [7, 11) is -3.13. The Bertz CT molecular complexity index is 352. The molecule has 7 heteroatoms. The molecule has 0 spiro atoms. The van der Waals surface area contributed by atoms with Crippen molar-refractivity contribution in [1.29, 1.82) is 0 Å². The average Bonchev–Trinajstić information content (AvgIpc) is 3.01. The molecule has 0 radical (unpaired) electrons. The van der Waals surface area contributed by atoms with Crippen LogP contribution in [0, 0.1) is 0 Å². The van der Waals surface area contributed by atoms with Gasteiger partial charge in [-0.25, -0.2) is 13.1 Å². The maximum atomic E-state index is 11.7. The van der Waals surface area contributed by atoms with Gasteiger partial charge < -0.3 is 10.2 Å². The van der Waals surface area contributed by atoms with Crippen molar-refractivity contribution in [2.45, 2.75) is 25.8 Å². The van der Waals surface area contributed by atoms with Crippen molar-refractivity contribution in [3.8, 4) is 0 Å². The molecule has 17 heavy (non-hydrogen) atoms. The van der Waals surface area contributed by atoms with Crippen molar-refractivity contribution < 1.29 is 13.2 Å². The molecule has 0 saturated heterocycles. The standard InChI is InChI=1S/C10H21N3O3S/c1-3-13(9-4-5-9)10(14)8-11-6-7-12-17(2,15)16/h9,11-12H,3-8H2,1-2H3. The number of amides is 1. The summed E-state index contributed by atoms with van der Waals surface area (Å²) >= 11 is 0. The Morgan fingerprint density at radius 3 is 2.47 bits per heavy atom. The molecular formula is C10H21N3O3S. The maximum absolute atomic E-state index is 11.7.